The van der Waals surface area contributed by atoms with Crippen molar-refractivity contribution in [2.75, 3.05) is 7.11 Å². The molecule has 0 spiro atoms. The van der Waals surface area contributed by atoms with Crippen molar-refractivity contribution in [2.24, 2.45) is 0 Å². The van der Waals surface area contributed by atoms with Crippen molar-refractivity contribution < 1.29 is 4.74 Å². The quantitative estimate of drug-likeness (QED) is 0.651. The van der Waals surface area contributed by atoms with Gasteiger partial charge in [-0.05, 0) is 12.1 Å². The molecule has 1 radical (unpaired) electrons. The van der Waals surface area contributed by atoms with Gasteiger partial charge in [-0.1, -0.05) is 24.3 Å². The summed E-state index contributed by atoms with van der Waals surface area (Å²) in [5, 5.41) is 1.93. The lowest BCUT2D eigenvalue weighted by Crippen LogP contribution is -1.84. The number of rotatable bonds is 1. The summed E-state index contributed by atoms with van der Waals surface area (Å²) in [4.78, 5) is 0. The molecule has 0 aromatic heterocycles. The van der Waals surface area contributed by atoms with Crippen LogP contribution in [-0.4, -0.2) is 7.11 Å². The minimum atomic E-state index is 0.538. The third kappa shape index (κ3) is 1.20. The van der Waals surface area contributed by atoms with Crippen molar-refractivity contribution in [1.82, 2.24) is 5.73 Å². The molecule has 0 amide bonds. The highest BCUT2D eigenvalue weighted by Gasteiger charge is 2.01. The number of hydrogen-bond donors (Lipinski definition) is 0. The van der Waals surface area contributed by atoms with Crippen molar-refractivity contribution in [2.45, 2.75) is 0 Å². The summed E-state index contributed by atoms with van der Waals surface area (Å²) in [6.07, 6.45) is 0. The predicted molar refractivity (Wildman–Crippen MR) is 53.3 cm³/mol. The van der Waals surface area contributed by atoms with Gasteiger partial charge < -0.3 is 10.5 Å². The molecule has 2 heteroatoms. The second kappa shape index (κ2) is 2.98. The third-order valence-electron chi connectivity index (χ3n) is 2.10. The lowest BCUT2D eigenvalue weighted by Gasteiger charge is -2.05. The Morgan fingerprint density at radius 1 is 1.00 bits per heavy atom. The molecule has 0 heterocycles. The zero-order valence-corrected chi connectivity index (χ0v) is 7.37. The standard InChI is InChI=1S/C11H10NO/c1-13-11-7-3-4-8-9(11)5-2-6-10(8)12/h2-7,12H,1H3. The predicted octanol–water partition coefficient (Wildman–Crippen LogP) is 2.76. The van der Waals surface area contributed by atoms with E-state index in [0.29, 0.717) is 5.69 Å². The summed E-state index contributed by atoms with van der Waals surface area (Å²) in [7, 11) is 1.64. The van der Waals surface area contributed by atoms with E-state index < -0.39 is 0 Å². The molecule has 65 valence electrons. The molecule has 13 heavy (non-hydrogen) atoms. The summed E-state index contributed by atoms with van der Waals surface area (Å²) < 4.78 is 5.20. The van der Waals surface area contributed by atoms with E-state index in [9.17, 15) is 0 Å². The molecular formula is C11H10NO. The summed E-state index contributed by atoms with van der Waals surface area (Å²) >= 11 is 0. The molecular weight excluding hydrogens is 162 g/mol. The molecule has 0 saturated carbocycles. The van der Waals surface area contributed by atoms with Crippen LogP contribution in [0.15, 0.2) is 36.4 Å². The molecule has 0 aliphatic heterocycles. The Labute approximate surface area is 76.9 Å². The number of fused-ring (bicyclic) bond motifs is 1. The largest absolute Gasteiger partial charge is 0.496 e. The van der Waals surface area contributed by atoms with Crippen molar-refractivity contribution >= 4 is 16.5 Å². The molecule has 2 rings (SSSR count). The van der Waals surface area contributed by atoms with Gasteiger partial charge in [0, 0.05) is 10.8 Å². The van der Waals surface area contributed by atoms with E-state index in [0.717, 1.165) is 16.5 Å². The Morgan fingerprint density at radius 2 is 1.69 bits per heavy atom. The van der Waals surface area contributed by atoms with Crippen LogP contribution in [0.3, 0.4) is 0 Å². The highest BCUT2D eigenvalue weighted by molar-refractivity contribution is 5.95. The van der Waals surface area contributed by atoms with Gasteiger partial charge in [0.05, 0.1) is 12.8 Å². The Balaban J connectivity index is 2.84. The van der Waals surface area contributed by atoms with Crippen LogP contribution in [0, 0.1) is 0 Å². The van der Waals surface area contributed by atoms with Crippen molar-refractivity contribution in [1.29, 1.82) is 0 Å². The number of hydrogen-bond acceptors (Lipinski definition) is 1. The summed E-state index contributed by atoms with van der Waals surface area (Å²) in [5.74, 6) is 0.826. The molecule has 0 unspecified atom stereocenters. The fraction of sp³-hybridized carbons (Fsp3) is 0.0909. The van der Waals surface area contributed by atoms with Crippen molar-refractivity contribution in [3.63, 3.8) is 0 Å². The van der Waals surface area contributed by atoms with Crippen molar-refractivity contribution in [3.05, 3.63) is 36.4 Å². The first-order valence-electron chi connectivity index (χ1n) is 4.10. The number of nitrogens with one attached hydrogen (secondary N) is 1. The van der Waals surface area contributed by atoms with Gasteiger partial charge in [0.2, 0.25) is 0 Å². The Kier molecular flexibility index (Phi) is 1.81. The molecule has 0 bridgehead atoms. The highest BCUT2D eigenvalue weighted by Crippen LogP contribution is 2.29. The molecule has 0 fully saturated rings. The van der Waals surface area contributed by atoms with E-state index >= 15 is 0 Å². The second-order valence-electron chi connectivity index (χ2n) is 2.86. The van der Waals surface area contributed by atoms with Crippen LogP contribution in [0.1, 0.15) is 0 Å². The lowest BCUT2D eigenvalue weighted by molar-refractivity contribution is 0.420. The fourth-order valence-electron chi connectivity index (χ4n) is 1.46. The van der Waals surface area contributed by atoms with E-state index in [1.807, 2.05) is 30.3 Å². The minimum absolute atomic E-state index is 0.538. The average Bonchev–Trinajstić information content (AvgIpc) is 2.18. The first-order valence-corrected chi connectivity index (χ1v) is 4.10. The normalized spacial score (nSPS) is 10.2. The van der Waals surface area contributed by atoms with Gasteiger partial charge in [0.15, 0.2) is 0 Å². The maximum Gasteiger partial charge on any atom is 0.126 e. The Bertz CT molecular complexity index is 437. The monoisotopic (exact) mass is 172 g/mol. The summed E-state index contributed by atoms with van der Waals surface area (Å²) in [6, 6.07) is 11.3. The SMILES string of the molecule is COc1cccc2c([NH])cccc12. The number of ether oxygens (including phenoxy) is 1. The van der Waals surface area contributed by atoms with Gasteiger partial charge in [-0.3, -0.25) is 0 Å². The average molecular weight is 172 g/mol. The van der Waals surface area contributed by atoms with E-state index in [1.54, 1.807) is 13.2 Å². The summed E-state index contributed by atoms with van der Waals surface area (Å²) in [6.45, 7) is 0. The van der Waals surface area contributed by atoms with Crippen molar-refractivity contribution in [3.8, 4) is 5.75 Å². The van der Waals surface area contributed by atoms with E-state index in [-0.39, 0.29) is 0 Å². The maximum absolute atomic E-state index is 7.68. The Morgan fingerprint density at radius 3 is 2.46 bits per heavy atom. The number of benzene rings is 2. The lowest BCUT2D eigenvalue weighted by atomic mass is 10.1. The topological polar surface area (TPSA) is 33.0 Å². The first-order chi connectivity index (χ1) is 6.33. The fourth-order valence-corrected chi connectivity index (χ4v) is 1.46. The van der Waals surface area contributed by atoms with Crippen LogP contribution >= 0.6 is 0 Å². The van der Waals surface area contributed by atoms with Gasteiger partial charge in [-0.25, -0.2) is 0 Å². The number of methoxy groups -OCH3 is 1. The maximum atomic E-state index is 7.68. The van der Waals surface area contributed by atoms with Crippen LogP contribution < -0.4 is 10.5 Å². The molecule has 0 aliphatic rings. The van der Waals surface area contributed by atoms with E-state index in [1.165, 1.54) is 0 Å². The van der Waals surface area contributed by atoms with Crippen LogP contribution in [0.5, 0.6) is 5.75 Å². The minimum Gasteiger partial charge on any atom is -0.496 e. The molecule has 1 N–H and O–H groups in total. The zero-order chi connectivity index (χ0) is 9.26. The molecule has 0 aliphatic carbocycles. The molecule has 0 atom stereocenters. The second-order valence-corrected chi connectivity index (χ2v) is 2.86. The van der Waals surface area contributed by atoms with Crippen LogP contribution in [0.4, 0.5) is 5.69 Å². The van der Waals surface area contributed by atoms with Gasteiger partial charge in [0.25, 0.3) is 0 Å². The molecule has 0 saturated heterocycles. The smallest absolute Gasteiger partial charge is 0.126 e. The molecule has 2 aromatic carbocycles. The van der Waals surface area contributed by atoms with Gasteiger partial charge in [0.1, 0.15) is 5.75 Å². The highest BCUT2D eigenvalue weighted by atomic mass is 16.5. The third-order valence-corrected chi connectivity index (χ3v) is 2.10. The van der Waals surface area contributed by atoms with Crippen LogP contribution in [-0.2, 0) is 0 Å². The van der Waals surface area contributed by atoms with E-state index in [4.69, 9.17) is 10.5 Å². The first kappa shape index (κ1) is 7.92. The molecule has 2 aromatic rings. The van der Waals surface area contributed by atoms with E-state index in [2.05, 4.69) is 0 Å². The Hall–Kier alpha value is -1.70. The van der Waals surface area contributed by atoms with Gasteiger partial charge >= 0.3 is 0 Å². The van der Waals surface area contributed by atoms with Gasteiger partial charge in [-0.2, -0.15) is 0 Å². The van der Waals surface area contributed by atoms with Crippen LogP contribution in [0.25, 0.3) is 10.8 Å². The van der Waals surface area contributed by atoms with Crippen LogP contribution in [0.2, 0.25) is 0 Å². The summed E-state index contributed by atoms with van der Waals surface area (Å²) in [5.41, 5.74) is 8.22. The zero-order valence-electron chi connectivity index (χ0n) is 7.37. The van der Waals surface area contributed by atoms with Gasteiger partial charge in [-0.15, -0.1) is 0 Å². The molecule has 2 nitrogen and oxygen atoms in total.